The van der Waals surface area contributed by atoms with Crippen LogP contribution in [0.25, 0.3) is 0 Å². The number of allylic oxidation sites excluding steroid dienone is 4. The van der Waals surface area contributed by atoms with Crippen LogP contribution in [0.3, 0.4) is 0 Å². The van der Waals surface area contributed by atoms with Crippen molar-refractivity contribution >= 4 is 11.9 Å². The van der Waals surface area contributed by atoms with Crippen molar-refractivity contribution in [3.63, 3.8) is 0 Å². The molecule has 0 bridgehead atoms. The summed E-state index contributed by atoms with van der Waals surface area (Å²) in [6.45, 7) is 2.33. The maximum atomic E-state index is 12.3. The topological polar surface area (TPSA) is 52.6 Å². The van der Waals surface area contributed by atoms with E-state index in [1.54, 1.807) is 0 Å². The number of halogens is 6. The third-order valence-corrected chi connectivity index (χ3v) is 2.88. The Balaban J connectivity index is 5.78. The van der Waals surface area contributed by atoms with E-state index in [2.05, 4.69) is 9.47 Å². The number of carbonyl (C=O) groups excluding carboxylic acids is 2. The summed E-state index contributed by atoms with van der Waals surface area (Å²) in [5, 5.41) is 0. The van der Waals surface area contributed by atoms with Gasteiger partial charge in [0.2, 0.25) is 0 Å². The summed E-state index contributed by atoms with van der Waals surface area (Å²) in [6, 6.07) is 0. The molecule has 0 saturated carbocycles. The van der Waals surface area contributed by atoms with E-state index >= 15 is 0 Å². The first-order chi connectivity index (χ1) is 11.4. The lowest BCUT2D eigenvalue weighted by atomic mass is 9.80. The van der Waals surface area contributed by atoms with Crippen LogP contribution in [0.15, 0.2) is 24.3 Å². The third-order valence-electron chi connectivity index (χ3n) is 2.88. The van der Waals surface area contributed by atoms with Crippen molar-refractivity contribution in [2.45, 2.75) is 39.0 Å². The van der Waals surface area contributed by atoms with Gasteiger partial charge >= 0.3 is 24.3 Å². The zero-order valence-electron chi connectivity index (χ0n) is 13.5. The molecule has 0 atom stereocenters. The van der Waals surface area contributed by atoms with Gasteiger partial charge in [-0.05, 0) is 26.7 Å². The predicted octanol–water partition coefficient (Wildman–Crippen LogP) is 4.12. The van der Waals surface area contributed by atoms with Crippen LogP contribution >= 0.6 is 0 Å². The van der Waals surface area contributed by atoms with Crippen LogP contribution in [-0.2, 0) is 19.1 Å². The van der Waals surface area contributed by atoms with Crippen molar-refractivity contribution in [3.05, 3.63) is 24.3 Å². The van der Waals surface area contributed by atoms with Gasteiger partial charge in [0, 0.05) is 12.2 Å². The average molecular weight is 376 g/mol. The third kappa shape index (κ3) is 8.59. The Labute approximate surface area is 140 Å². The molecule has 0 N–H and O–H groups in total. The molecule has 0 rings (SSSR count). The number of hydrogen-bond acceptors (Lipinski definition) is 4. The minimum absolute atomic E-state index is 0.215. The first-order valence-electron chi connectivity index (χ1n) is 7.21. The normalized spacial score (nSPS) is 13.4. The molecule has 0 aliphatic rings. The minimum atomic E-state index is -4.71. The standard InChI is InChI=1S/C15H18F6O4/c1-3-24-11(22)13(12(23)25-4-2,7-5-9-14(16,17)18)8-6-10-15(19,20)21/h5-6,9-10H,3-4,7-8H2,1-2H3/b9-5-,10-6-. The number of carbonyl (C=O) groups is 2. The molecular formula is C15H18F6O4. The van der Waals surface area contributed by atoms with Gasteiger partial charge in [0.25, 0.3) is 0 Å². The van der Waals surface area contributed by atoms with E-state index in [1.807, 2.05) is 0 Å². The van der Waals surface area contributed by atoms with Gasteiger partial charge in [0.05, 0.1) is 13.2 Å². The quantitative estimate of drug-likeness (QED) is 0.277. The zero-order chi connectivity index (χ0) is 19.7. The molecule has 0 aliphatic heterocycles. The number of alkyl halides is 6. The molecule has 10 heteroatoms. The van der Waals surface area contributed by atoms with E-state index < -0.39 is 42.5 Å². The second-order valence-electron chi connectivity index (χ2n) is 4.82. The maximum absolute atomic E-state index is 12.3. The molecule has 0 aromatic carbocycles. The van der Waals surface area contributed by atoms with E-state index in [0.29, 0.717) is 12.2 Å². The monoisotopic (exact) mass is 376 g/mol. The molecule has 0 unspecified atom stereocenters. The van der Waals surface area contributed by atoms with E-state index in [0.717, 1.165) is 0 Å². The molecule has 0 spiro atoms. The molecule has 0 aromatic heterocycles. The van der Waals surface area contributed by atoms with Crippen LogP contribution < -0.4 is 0 Å². The lowest BCUT2D eigenvalue weighted by Crippen LogP contribution is -2.41. The summed E-state index contributed by atoms with van der Waals surface area (Å²) in [4.78, 5) is 24.3. The fourth-order valence-corrected chi connectivity index (χ4v) is 1.83. The van der Waals surface area contributed by atoms with Gasteiger partial charge in [0.1, 0.15) is 0 Å². The molecule has 25 heavy (non-hydrogen) atoms. The number of ether oxygens (including phenoxy) is 2. The molecule has 0 fully saturated rings. The van der Waals surface area contributed by atoms with Crippen LogP contribution in [0.5, 0.6) is 0 Å². The summed E-state index contributed by atoms with van der Waals surface area (Å²) < 4.78 is 82.9. The highest BCUT2D eigenvalue weighted by Gasteiger charge is 2.47. The van der Waals surface area contributed by atoms with Gasteiger partial charge in [-0.25, -0.2) is 0 Å². The van der Waals surface area contributed by atoms with Crippen molar-refractivity contribution in [1.82, 2.24) is 0 Å². The van der Waals surface area contributed by atoms with Crippen LogP contribution in [0.2, 0.25) is 0 Å². The van der Waals surface area contributed by atoms with E-state index in [1.165, 1.54) is 13.8 Å². The molecule has 4 nitrogen and oxygen atoms in total. The predicted molar refractivity (Wildman–Crippen MR) is 75.3 cm³/mol. The maximum Gasteiger partial charge on any atom is 0.409 e. The highest BCUT2D eigenvalue weighted by atomic mass is 19.4. The summed E-state index contributed by atoms with van der Waals surface area (Å²) in [7, 11) is 0. The lowest BCUT2D eigenvalue weighted by molar-refractivity contribution is -0.172. The number of esters is 2. The molecule has 0 aliphatic carbocycles. The highest BCUT2D eigenvalue weighted by Crippen LogP contribution is 2.33. The van der Waals surface area contributed by atoms with Crippen LogP contribution in [0.4, 0.5) is 26.3 Å². The zero-order valence-corrected chi connectivity index (χ0v) is 13.5. The Morgan fingerprint density at radius 3 is 1.32 bits per heavy atom. The van der Waals surface area contributed by atoms with Crippen LogP contribution in [0.1, 0.15) is 26.7 Å². The van der Waals surface area contributed by atoms with Gasteiger partial charge in [-0.15, -0.1) is 0 Å². The Bertz CT molecular complexity index is 459. The fourth-order valence-electron chi connectivity index (χ4n) is 1.83. The SMILES string of the molecule is CCOC(=O)C(C/C=C\C(F)(F)F)(C/C=C\C(F)(F)F)C(=O)OCC. The first kappa shape index (κ1) is 23.0. The Kier molecular flexibility index (Phi) is 8.72. The number of hydrogen-bond donors (Lipinski definition) is 0. The minimum Gasteiger partial charge on any atom is -0.465 e. The summed E-state index contributed by atoms with van der Waals surface area (Å²) in [5.41, 5.74) is -2.34. The largest absolute Gasteiger partial charge is 0.465 e. The van der Waals surface area contributed by atoms with Crippen molar-refractivity contribution in [2.75, 3.05) is 13.2 Å². The summed E-state index contributed by atoms with van der Waals surface area (Å²) >= 11 is 0. The molecular weight excluding hydrogens is 358 g/mol. The Morgan fingerprint density at radius 2 is 1.08 bits per heavy atom. The fraction of sp³-hybridized carbons (Fsp3) is 0.600. The van der Waals surface area contributed by atoms with Gasteiger partial charge in [-0.1, -0.05) is 12.2 Å². The summed E-state index contributed by atoms with van der Waals surface area (Å²) in [6.07, 6.45) is -10.5. The van der Waals surface area contributed by atoms with Crippen LogP contribution in [0, 0.1) is 5.41 Å². The Hall–Kier alpha value is -2.00. The summed E-state index contributed by atoms with van der Waals surface area (Å²) in [5.74, 6) is -2.51. The molecule has 0 saturated heterocycles. The van der Waals surface area contributed by atoms with Crippen molar-refractivity contribution in [2.24, 2.45) is 5.41 Å². The van der Waals surface area contributed by atoms with E-state index in [-0.39, 0.29) is 25.4 Å². The second kappa shape index (κ2) is 9.47. The number of rotatable bonds is 8. The average Bonchev–Trinajstić information content (AvgIpc) is 2.43. The molecule has 0 aromatic rings. The highest BCUT2D eigenvalue weighted by molar-refractivity contribution is 6.00. The van der Waals surface area contributed by atoms with Crippen molar-refractivity contribution in [3.8, 4) is 0 Å². The van der Waals surface area contributed by atoms with Crippen LogP contribution in [-0.4, -0.2) is 37.5 Å². The van der Waals surface area contributed by atoms with Crippen molar-refractivity contribution < 1.29 is 45.4 Å². The smallest absolute Gasteiger partial charge is 0.409 e. The van der Waals surface area contributed by atoms with Gasteiger partial charge < -0.3 is 9.47 Å². The van der Waals surface area contributed by atoms with Gasteiger partial charge in [0.15, 0.2) is 5.41 Å². The molecule has 144 valence electrons. The lowest BCUT2D eigenvalue weighted by Gasteiger charge is -2.27. The second-order valence-corrected chi connectivity index (χ2v) is 4.82. The Morgan fingerprint density at radius 1 is 0.760 bits per heavy atom. The molecule has 0 amide bonds. The van der Waals surface area contributed by atoms with E-state index in [4.69, 9.17) is 0 Å². The molecule has 0 radical (unpaired) electrons. The van der Waals surface area contributed by atoms with Crippen molar-refractivity contribution in [1.29, 1.82) is 0 Å². The van der Waals surface area contributed by atoms with Gasteiger partial charge in [-0.2, -0.15) is 26.3 Å². The molecule has 0 heterocycles. The van der Waals surface area contributed by atoms with Gasteiger partial charge in [-0.3, -0.25) is 9.59 Å². The van der Waals surface area contributed by atoms with E-state index in [9.17, 15) is 35.9 Å². The first-order valence-corrected chi connectivity index (χ1v) is 7.21.